The van der Waals surface area contributed by atoms with E-state index in [1.54, 1.807) is 23.5 Å². The van der Waals surface area contributed by atoms with Crippen LogP contribution >= 0.6 is 11.3 Å². The molecule has 0 aliphatic carbocycles. The van der Waals surface area contributed by atoms with Gasteiger partial charge in [0.25, 0.3) is 11.8 Å². The van der Waals surface area contributed by atoms with E-state index in [1.807, 2.05) is 50.4 Å². The van der Waals surface area contributed by atoms with Crippen molar-refractivity contribution in [2.24, 2.45) is 0 Å². The van der Waals surface area contributed by atoms with Gasteiger partial charge in [-0.2, -0.15) is 0 Å². The Morgan fingerprint density at radius 3 is 2.50 bits per heavy atom. The molecule has 2 amide bonds. The van der Waals surface area contributed by atoms with Gasteiger partial charge in [0.2, 0.25) is 0 Å². The summed E-state index contributed by atoms with van der Waals surface area (Å²) in [5.74, 6) is -0.181. The molecular formula is C21H23N3O3S. The molecular weight excluding hydrogens is 374 g/mol. The monoisotopic (exact) mass is 397 g/mol. The largest absolute Gasteiger partial charge is 0.484 e. The summed E-state index contributed by atoms with van der Waals surface area (Å²) in [6.45, 7) is 6.38. The van der Waals surface area contributed by atoms with Crippen molar-refractivity contribution in [3.8, 4) is 5.75 Å². The molecule has 2 N–H and O–H groups in total. The molecule has 0 fully saturated rings. The predicted molar refractivity (Wildman–Crippen MR) is 110 cm³/mol. The van der Waals surface area contributed by atoms with Gasteiger partial charge in [0.05, 0.1) is 12.1 Å². The van der Waals surface area contributed by atoms with Crippen molar-refractivity contribution in [1.82, 2.24) is 15.4 Å². The molecule has 7 heteroatoms. The van der Waals surface area contributed by atoms with Crippen molar-refractivity contribution in [1.29, 1.82) is 0 Å². The van der Waals surface area contributed by atoms with Crippen molar-refractivity contribution in [3.05, 3.63) is 75.2 Å². The third-order valence-corrected chi connectivity index (χ3v) is 5.28. The molecule has 0 saturated carbocycles. The topological polar surface area (TPSA) is 72.4 Å². The quantitative estimate of drug-likeness (QED) is 0.627. The van der Waals surface area contributed by atoms with Gasteiger partial charge in [-0.1, -0.05) is 23.8 Å². The number of aromatic nitrogens is 1. The molecule has 0 radical (unpaired) electrons. The number of amides is 2. The zero-order valence-corrected chi connectivity index (χ0v) is 16.9. The van der Waals surface area contributed by atoms with Gasteiger partial charge in [-0.15, -0.1) is 11.3 Å². The third-order valence-electron chi connectivity index (χ3n) is 4.42. The Hall–Kier alpha value is -3.06. The van der Waals surface area contributed by atoms with Crippen LogP contribution in [0.5, 0.6) is 5.75 Å². The first-order chi connectivity index (χ1) is 13.4. The van der Waals surface area contributed by atoms with Gasteiger partial charge < -0.3 is 9.30 Å². The second kappa shape index (κ2) is 8.75. The van der Waals surface area contributed by atoms with E-state index >= 15 is 0 Å². The zero-order chi connectivity index (χ0) is 20.1. The lowest BCUT2D eigenvalue weighted by molar-refractivity contribution is -0.123. The Bertz CT molecular complexity index is 960. The molecule has 0 aliphatic rings. The van der Waals surface area contributed by atoms with Gasteiger partial charge in [-0.3, -0.25) is 20.4 Å². The van der Waals surface area contributed by atoms with Crippen molar-refractivity contribution < 1.29 is 14.3 Å². The highest BCUT2D eigenvalue weighted by molar-refractivity contribution is 7.09. The molecule has 28 heavy (non-hydrogen) atoms. The number of benzene rings is 1. The van der Waals surface area contributed by atoms with Crippen LogP contribution in [0.2, 0.25) is 0 Å². The second-order valence-electron chi connectivity index (χ2n) is 6.55. The number of carbonyl (C=O) groups excluding carboxylic acids is 2. The van der Waals surface area contributed by atoms with Crippen molar-refractivity contribution in [2.45, 2.75) is 27.3 Å². The number of carbonyl (C=O) groups is 2. The Morgan fingerprint density at radius 1 is 1.07 bits per heavy atom. The Balaban J connectivity index is 1.54. The molecule has 0 spiro atoms. The molecule has 146 valence electrons. The molecule has 0 unspecified atom stereocenters. The van der Waals surface area contributed by atoms with Crippen LogP contribution in [0.1, 0.15) is 32.2 Å². The van der Waals surface area contributed by atoms with E-state index in [4.69, 9.17) is 4.74 Å². The molecule has 0 saturated heterocycles. The number of aryl methyl sites for hydroxylation is 2. The minimum atomic E-state index is -0.429. The van der Waals surface area contributed by atoms with Crippen LogP contribution in [-0.2, 0) is 11.3 Å². The lowest BCUT2D eigenvalue weighted by Gasteiger charge is -2.10. The molecule has 6 nitrogen and oxygen atoms in total. The summed E-state index contributed by atoms with van der Waals surface area (Å²) in [4.78, 5) is 25.6. The van der Waals surface area contributed by atoms with E-state index in [-0.39, 0.29) is 12.5 Å². The zero-order valence-electron chi connectivity index (χ0n) is 16.1. The fraction of sp³-hybridized carbons (Fsp3) is 0.238. The highest BCUT2D eigenvalue weighted by Crippen LogP contribution is 2.19. The number of hydrogen-bond acceptors (Lipinski definition) is 4. The van der Waals surface area contributed by atoms with E-state index in [9.17, 15) is 9.59 Å². The number of nitrogens with zero attached hydrogens (tertiary/aromatic N) is 1. The Kier molecular flexibility index (Phi) is 6.16. The van der Waals surface area contributed by atoms with Crippen LogP contribution in [0.15, 0.2) is 47.8 Å². The van der Waals surface area contributed by atoms with Crippen molar-refractivity contribution in [2.75, 3.05) is 6.61 Å². The first-order valence-corrected chi connectivity index (χ1v) is 9.80. The summed E-state index contributed by atoms with van der Waals surface area (Å²) in [5, 5.41) is 2.03. The second-order valence-corrected chi connectivity index (χ2v) is 7.59. The van der Waals surface area contributed by atoms with E-state index in [2.05, 4.69) is 21.5 Å². The SMILES string of the molecule is Cc1ccc(OCC(=O)NNC(=O)c2cc(C)n(Cc3cccs3)c2C)cc1. The van der Waals surface area contributed by atoms with Gasteiger partial charge in [-0.05, 0) is 50.4 Å². The standard InChI is InChI=1S/C21H23N3O3S/c1-14-6-8-17(9-7-14)27-13-20(25)22-23-21(26)19-11-15(2)24(16(19)3)12-18-5-4-10-28-18/h4-11H,12-13H2,1-3H3,(H,22,25)(H,23,26). The maximum Gasteiger partial charge on any atom is 0.276 e. The number of hydrogen-bond donors (Lipinski definition) is 2. The third kappa shape index (κ3) is 4.80. The first-order valence-electron chi connectivity index (χ1n) is 8.92. The summed E-state index contributed by atoms with van der Waals surface area (Å²) in [6.07, 6.45) is 0. The average molecular weight is 398 g/mol. The van der Waals surface area contributed by atoms with E-state index in [0.717, 1.165) is 23.5 Å². The van der Waals surface area contributed by atoms with Gasteiger partial charge in [0.15, 0.2) is 6.61 Å². The lowest BCUT2D eigenvalue weighted by Crippen LogP contribution is -2.44. The Morgan fingerprint density at radius 2 is 1.82 bits per heavy atom. The summed E-state index contributed by atoms with van der Waals surface area (Å²) < 4.78 is 7.49. The van der Waals surface area contributed by atoms with Gasteiger partial charge >= 0.3 is 0 Å². The number of hydrazine groups is 1. The highest BCUT2D eigenvalue weighted by Gasteiger charge is 2.16. The maximum absolute atomic E-state index is 12.5. The van der Waals surface area contributed by atoms with Crippen LogP contribution in [0.3, 0.4) is 0 Å². The van der Waals surface area contributed by atoms with E-state index in [1.165, 1.54) is 4.88 Å². The van der Waals surface area contributed by atoms with Crippen LogP contribution in [0, 0.1) is 20.8 Å². The number of rotatable bonds is 6. The van der Waals surface area contributed by atoms with Gasteiger partial charge in [-0.25, -0.2) is 0 Å². The molecule has 3 rings (SSSR count). The summed E-state index contributed by atoms with van der Waals surface area (Å²) in [5.41, 5.74) is 8.34. The minimum Gasteiger partial charge on any atom is -0.484 e. The molecule has 2 aromatic heterocycles. The fourth-order valence-electron chi connectivity index (χ4n) is 2.85. The van der Waals surface area contributed by atoms with Gasteiger partial charge in [0, 0.05) is 16.3 Å². The fourth-order valence-corrected chi connectivity index (χ4v) is 3.54. The molecule has 0 bridgehead atoms. The average Bonchev–Trinajstić information content (AvgIpc) is 3.29. The van der Waals surface area contributed by atoms with Gasteiger partial charge in [0.1, 0.15) is 5.75 Å². The molecule has 1 aromatic carbocycles. The van der Waals surface area contributed by atoms with Crippen LogP contribution < -0.4 is 15.6 Å². The molecule has 0 aliphatic heterocycles. The number of ether oxygens (including phenoxy) is 1. The van der Waals surface area contributed by atoms with E-state index < -0.39 is 5.91 Å². The smallest absolute Gasteiger partial charge is 0.276 e. The van der Waals surface area contributed by atoms with Crippen LogP contribution in [0.4, 0.5) is 0 Å². The number of nitrogens with one attached hydrogen (secondary N) is 2. The van der Waals surface area contributed by atoms with Crippen LogP contribution in [0.25, 0.3) is 0 Å². The number of thiophene rings is 1. The van der Waals surface area contributed by atoms with Crippen LogP contribution in [-0.4, -0.2) is 23.0 Å². The molecule has 2 heterocycles. The summed E-state index contributed by atoms with van der Waals surface area (Å²) >= 11 is 1.68. The van der Waals surface area contributed by atoms with Crippen molar-refractivity contribution >= 4 is 23.2 Å². The maximum atomic E-state index is 12.5. The summed E-state index contributed by atoms with van der Waals surface area (Å²) in [7, 11) is 0. The lowest BCUT2D eigenvalue weighted by atomic mass is 10.2. The first kappa shape index (κ1) is 19.7. The van der Waals surface area contributed by atoms with Crippen molar-refractivity contribution in [3.63, 3.8) is 0 Å². The summed E-state index contributed by atoms with van der Waals surface area (Å²) in [6, 6.07) is 13.3. The normalized spacial score (nSPS) is 10.5. The minimum absolute atomic E-state index is 0.180. The molecule has 0 atom stereocenters. The highest BCUT2D eigenvalue weighted by atomic mass is 32.1. The Labute approximate surface area is 168 Å². The predicted octanol–water partition coefficient (Wildman–Crippen LogP) is 3.36. The van der Waals surface area contributed by atoms with E-state index in [0.29, 0.717) is 11.3 Å². The molecule has 3 aromatic rings.